The molecule has 1 aliphatic rings. The second-order valence-electron chi connectivity index (χ2n) is 3.67. The lowest BCUT2D eigenvalue weighted by Crippen LogP contribution is -2.02. The highest BCUT2D eigenvalue weighted by molar-refractivity contribution is 7.21. The van der Waals surface area contributed by atoms with E-state index in [1.165, 1.54) is 11.3 Å². The normalized spacial score (nSPS) is 13.0. The summed E-state index contributed by atoms with van der Waals surface area (Å²) in [6, 6.07) is 3.62. The molecule has 1 aliphatic heterocycles. The van der Waals surface area contributed by atoms with Crippen LogP contribution < -0.4 is 9.47 Å². The van der Waals surface area contributed by atoms with E-state index in [1.54, 1.807) is 13.0 Å². The van der Waals surface area contributed by atoms with E-state index in [-0.39, 0.29) is 6.79 Å². The summed E-state index contributed by atoms with van der Waals surface area (Å²) in [6.45, 7) is 2.30. The maximum Gasteiger partial charge on any atom is 0.349 e. The Labute approximate surface area is 112 Å². The summed E-state index contributed by atoms with van der Waals surface area (Å²) in [7, 11) is 0. The molecule has 0 aliphatic carbocycles. The standard InChI is InChI=1S/C12H9ClO4S/c1-2-15-12(14)11-10(13)6-3-7-8(17-5-16-7)4-9(6)18-11/h3-4H,2,5H2,1H3. The minimum Gasteiger partial charge on any atom is -0.462 e. The molecule has 0 amide bonds. The van der Waals surface area contributed by atoms with Gasteiger partial charge in [0, 0.05) is 16.2 Å². The molecule has 2 heterocycles. The van der Waals surface area contributed by atoms with Gasteiger partial charge in [-0.15, -0.1) is 11.3 Å². The number of rotatable bonds is 2. The van der Waals surface area contributed by atoms with Gasteiger partial charge < -0.3 is 14.2 Å². The van der Waals surface area contributed by atoms with Crippen molar-refractivity contribution in [2.24, 2.45) is 0 Å². The fourth-order valence-electron chi connectivity index (χ4n) is 1.78. The summed E-state index contributed by atoms with van der Waals surface area (Å²) in [5.74, 6) is 0.930. The molecule has 18 heavy (non-hydrogen) atoms. The van der Waals surface area contributed by atoms with Crippen LogP contribution in [0, 0.1) is 0 Å². The number of carbonyl (C=O) groups is 1. The first-order chi connectivity index (χ1) is 8.70. The van der Waals surface area contributed by atoms with Crippen LogP contribution in [0.3, 0.4) is 0 Å². The molecule has 0 saturated heterocycles. The molecule has 0 fully saturated rings. The second-order valence-corrected chi connectivity index (χ2v) is 5.10. The average molecular weight is 285 g/mol. The van der Waals surface area contributed by atoms with E-state index >= 15 is 0 Å². The highest BCUT2D eigenvalue weighted by atomic mass is 35.5. The molecule has 4 nitrogen and oxygen atoms in total. The van der Waals surface area contributed by atoms with Gasteiger partial charge in [0.05, 0.1) is 11.6 Å². The van der Waals surface area contributed by atoms with Crippen molar-refractivity contribution in [3.63, 3.8) is 0 Å². The van der Waals surface area contributed by atoms with Crippen LogP contribution in [-0.4, -0.2) is 19.4 Å². The first-order valence-electron chi connectivity index (χ1n) is 5.39. The number of halogens is 1. The fourth-order valence-corrected chi connectivity index (χ4v) is 3.19. The lowest BCUT2D eigenvalue weighted by molar-refractivity contribution is 0.0532. The molecule has 3 rings (SSSR count). The summed E-state index contributed by atoms with van der Waals surface area (Å²) in [5, 5.41) is 1.20. The van der Waals surface area contributed by atoms with Crippen LogP contribution in [0.4, 0.5) is 0 Å². The van der Waals surface area contributed by atoms with Gasteiger partial charge in [-0.25, -0.2) is 4.79 Å². The number of benzene rings is 1. The zero-order valence-corrected chi connectivity index (χ0v) is 11.1. The van der Waals surface area contributed by atoms with E-state index in [9.17, 15) is 4.79 Å². The van der Waals surface area contributed by atoms with Crippen LogP contribution in [0.1, 0.15) is 16.6 Å². The highest BCUT2D eigenvalue weighted by Gasteiger charge is 2.22. The predicted molar refractivity (Wildman–Crippen MR) is 68.9 cm³/mol. The van der Waals surface area contributed by atoms with Crippen LogP contribution in [-0.2, 0) is 4.74 Å². The Morgan fingerprint density at radius 2 is 2.17 bits per heavy atom. The number of thiophene rings is 1. The van der Waals surface area contributed by atoms with E-state index in [1.807, 2.05) is 6.07 Å². The first kappa shape index (κ1) is 11.6. The minimum absolute atomic E-state index is 0.217. The lowest BCUT2D eigenvalue weighted by Gasteiger charge is -1.98. The van der Waals surface area contributed by atoms with Crippen LogP contribution in [0.2, 0.25) is 5.02 Å². The van der Waals surface area contributed by atoms with E-state index in [2.05, 4.69) is 0 Å². The number of ether oxygens (including phenoxy) is 3. The van der Waals surface area contributed by atoms with Gasteiger partial charge in [-0.2, -0.15) is 0 Å². The SMILES string of the molecule is CCOC(=O)c1sc2cc3c(cc2c1Cl)OCO3. The Balaban J connectivity index is 2.14. The zero-order valence-electron chi connectivity index (χ0n) is 9.49. The first-order valence-corrected chi connectivity index (χ1v) is 6.59. The number of carbonyl (C=O) groups excluding carboxylic acids is 1. The largest absolute Gasteiger partial charge is 0.462 e. The van der Waals surface area contributed by atoms with E-state index < -0.39 is 5.97 Å². The molecular formula is C12H9ClO4S. The van der Waals surface area contributed by atoms with E-state index in [0.717, 1.165) is 10.1 Å². The minimum atomic E-state index is -0.398. The molecule has 0 spiro atoms. The highest BCUT2D eigenvalue weighted by Crippen LogP contribution is 2.43. The number of esters is 1. The number of hydrogen-bond acceptors (Lipinski definition) is 5. The predicted octanol–water partition coefficient (Wildman–Crippen LogP) is 3.46. The smallest absolute Gasteiger partial charge is 0.349 e. The Morgan fingerprint density at radius 1 is 1.44 bits per heavy atom. The summed E-state index contributed by atoms with van der Waals surface area (Å²) < 4.78 is 16.4. The van der Waals surface area contributed by atoms with Gasteiger partial charge in [0.1, 0.15) is 4.88 Å². The number of hydrogen-bond donors (Lipinski definition) is 0. The Morgan fingerprint density at radius 3 is 2.89 bits per heavy atom. The number of fused-ring (bicyclic) bond motifs is 2. The molecule has 94 valence electrons. The maximum absolute atomic E-state index is 11.7. The van der Waals surface area contributed by atoms with Gasteiger partial charge in [-0.1, -0.05) is 11.6 Å². The van der Waals surface area contributed by atoms with Crippen LogP contribution in [0.25, 0.3) is 10.1 Å². The molecule has 2 aromatic rings. The third kappa shape index (κ3) is 1.71. The summed E-state index contributed by atoms with van der Waals surface area (Å²) in [4.78, 5) is 12.1. The molecular weight excluding hydrogens is 276 g/mol. The van der Waals surface area contributed by atoms with Gasteiger partial charge in [-0.05, 0) is 13.0 Å². The molecule has 0 atom stereocenters. The van der Waals surface area contributed by atoms with Crippen molar-refractivity contribution in [3.05, 3.63) is 22.0 Å². The fraction of sp³-hybridized carbons (Fsp3) is 0.250. The van der Waals surface area contributed by atoms with E-state index in [4.69, 9.17) is 25.8 Å². The molecule has 1 aromatic heterocycles. The van der Waals surface area contributed by atoms with Crippen molar-refractivity contribution in [3.8, 4) is 11.5 Å². The Hall–Kier alpha value is -1.46. The third-order valence-electron chi connectivity index (χ3n) is 2.58. The molecule has 0 unspecified atom stereocenters. The van der Waals surface area contributed by atoms with Gasteiger partial charge in [0.25, 0.3) is 0 Å². The molecule has 0 radical (unpaired) electrons. The quantitative estimate of drug-likeness (QED) is 0.792. The Bertz CT molecular complexity index is 635. The maximum atomic E-state index is 11.7. The Kier molecular flexibility index (Phi) is 2.80. The molecule has 6 heteroatoms. The molecule has 0 N–H and O–H groups in total. The van der Waals surface area contributed by atoms with Gasteiger partial charge >= 0.3 is 5.97 Å². The van der Waals surface area contributed by atoms with Crippen LogP contribution in [0.15, 0.2) is 12.1 Å². The van der Waals surface area contributed by atoms with Crippen molar-refractivity contribution in [1.82, 2.24) is 0 Å². The van der Waals surface area contributed by atoms with Gasteiger partial charge in [0.2, 0.25) is 6.79 Å². The topological polar surface area (TPSA) is 44.8 Å². The summed E-state index contributed by atoms with van der Waals surface area (Å²) in [6.07, 6.45) is 0. The van der Waals surface area contributed by atoms with Crippen molar-refractivity contribution < 1.29 is 19.0 Å². The van der Waals surface area contributed by atoms with Crippen molar-refractivity contribution in [1.29, 1.82) is 0 Å². The molecule has 0 bridgehead atoms. The zero-order chi connectivity index (χ0) is 12.7. The third-order valence-corrected chi connectivity index (χ3v) is 4.22. The van der Waals surface area contributed by atoms with Gasteiger partial charge in [0.15, 0.2) is 11.5 Å². The average Bonchev–Trinajstić information content (AvgIpc) is 2.92. The van der Waals surface area contributed by atoms with Crippen molar-refractivity contribution >= 4 is 39.0 Å². The van der Waals surface area contributed by atoms with Crippen LogP contribution >= 0.6 is 22.9 Å². The molecule has 1 aromatic carbocycles. The molecule has 0 saturated carbocycles. The lowest BCUT2D eigenvalue weighted by atomic mass is 10.2. The summed E-state index contributed by atoms with van der Waals surface area (Å²) in [5.41, 5.74) is 0. The van der Waals surface area contributed by atoms with Crippen LogP contribution in [0.5, 0.6) is 11.5 Å². The van der Waals surface area contributed by atoms with Gasteiger partial charge in [-0.3, -0.25) is 0 Å². The second kappa shape index (κ2) is 4.33. The monoisotopic (exact) mass is 284 g/mol. The summed E-state index contributed by atoms with van der Waals surface area (Å²) >= 11 is 7.50. The van der Waals surface area contributed by atoms with Crippen molar-refractivity contribution in [2.45, 2.75) is 6.92 Å². The van der Waals surface area contributed by atoms with Crippen molar-refractivity contribution in [2.75, 3.05) is 13.4 Å². The van der Waals surface area contributed by atoms with E-state index in [0.29, 0.717) is 28.0 Å².